The predicted molar refractivity (Wildman–Crippen MR) is 102 cm³/mol. The number of rotatable bonds is 4. The third-order valence-electron chi connectivity index (χ3n) is 4.83. The van der Waals surface area contributed by atoms with Crippen LogP contribution in [0.4, 0.5) is 18.9 Å². The van der Waals surface area contributed by atoms with E-state index in [9.17, 15) is 22.8 Å². The van der Waals surface area contributed by atoms with Gasteiger partial charge in [-0.3, -0.25) is 9.59 Å². The van der Waals surface area contributed by atoms with Crippen molar-refractivity contribution in [3.8, 4) is 0 Å². The van der Waals surface area contributed by atoms with Gasteiger partial charge >= 0.3 is 6.18 Å². The molecule has 4 nitrogen and oxygen atoms in total. The summed E-state index contributed by atoms with van der Waals surface area (Å²) in [6.07, 6.45) is -2.55. The highest BCUT2D eigenvalue weighted by Gasteiger charge is 2.44. The number of para-hydroxylation sites is 1. The summed E-state index contributed by atoms with van der Waals surface area (Å²) < 4.78 is 38.4. The number of carbonyl (C=O) groups is 2. The van der Waals surface area contributed by atoms with Crippen molar-refractivity contribution in [2.24, 2.45) is 5.92 Å². The van der Waals surface area contributed by atoms with E-state index in [-0.39, 0.29) is 12.5 Å². The van der Waals surface area contributed by atoms with E-state index in [4.69, 9.17) is 0 Å². The largest absolute Gasteiger partial charge is 0.416 e. The third kappa shape index (κ3) is 4.01. The lowest BCUT2D eigenvalue weighted by atomic mass is 9.87. The summed E-state index contributed by atoms with van der Waals surface area (Å²) in [5, 5.41) is 2.80. The van der Waals surface area contributed by atoms with Gasteiger partial charge in [0.25, 0.3) is 0 Å². The molecule has 0 saturated carbocycles. The molecule has 1 aliphatic rings. The number of benzene rings is 2. The first-order chi connectivity index (χ1) is 13.2. The molecule has 1 fully saturated rings. The second-order valence-corrected chi connectivity index (χ2v) is 7.46. The molecule has 0 unspecified atom stereocenters. The van der Waals surface area contributed by atoms with E-state index >= 15 is 0 Å². The minimum atomic E-state index is -4.43. The minimum Gasteiger partial charge on any atom is -0.344 e. The van der Waals surface area contributed by atoms with Crippen molar-refractivity contribution in [1.29, 1.82) is 0 Å². The van der Waals surface area contributed by atoms with Crippen LogP contribution >= 0.6 is 11.8 Å². The Morgan fingerprint density at radius 1 is 1.14 bits per heavy atom. The summed E-state index contributed by atoms with van der Waals surface area (Å²) in [7, 11) is 1.59. The Hall–Kier alpha value is -2.48. The number of nitrogens with one attached hydrogen (secondary N) is 1. The standard InChI is InChI=1S/C20H19F3N2O2S/c1-25-11-14(12-7-9-13(10-8-12)20(21,22)23)17(19(25)27)18(26)24-15-5-3-4-6-16(15)28-2/h3-10,14,17H,11H2,1-2H3,(H,24,26)/t14-,17+/m1/s1. The minimum absolute atomic E-state index is 0.270. The van der Waals surface area contributed by atoms with Crippen molar-refractivity contribution in [2.45, 2.75) is 17.0 Å². The number of likely N-dealkylation sites (N-methyl/N-ethyl adjacent to an activating group) is 1. The normalized spacial score (nSPS) is 19.8. The SMILES string of the molecule is CSc1ccccc1NC(=O)[C@H]1C(=O)N(C)C[C@@H]1c1ccc(C(F)(F)F)cc1. The van der Waals surface area contributed by atoms with Gasteiger partial charge in [-0.05, 0) is 36.1 Å². The number of halogens is 3. The highest BCUT2D eigenvalue weighted by Crippen LogP contribution is 2.36. The van der Waals surface area contributed by atoms with Gasteiger partial charge in [0.05, 0.1) is 11.3 Å². The molecule has 28 heavy (non-hydrogen) atoms. The van der Waals surface area contributed by atoms with Crippen LogP contribution in [-0.4, -0.2) is 36.6 Å². The number of nitrogens with zero attached hydrogens (tertiary/aromatic N) is 1. The zero-order valence-electron chi connectivity index (χ0n) is 15.3. The second-order valence-electron chi connectivity index (χ2n) is 6.61. The molecule has 2 amide bonds. The predicted octanol–water partition coefficient (Wildman–Crippen LogP) is 4.24. The van der Waals surface area contributed by atoms with Crippen molar-refractivity contribution in [3.05, 3.63) is 59.7 Å². The molecule has 0 spiro atoms. The number of hydrogen-bond acceptors (Lipinski definition) is 3. The average Bonchev–Trinajstić information content (AvgIpc) is 2.96. The van der Waals surface area contributed by atoms with E-state index in [1.54, 1.807) is 19.2 Å². The fourth-order valence-electron chi connectivity index (χ4n) is 3.37. The van der Waals surface area contributed by atoms with Crippen LogP contribution in [0, 0.1) is 5.92 Å². The average molecular weight is 408 g/mol. The molecule has 0 bridgehead atoms. The Labute approximate surface area is 165 Å². The first-order valence-corrected chi connectivity index (χ1v) is 9.81. The lowest BCUT2D eigenvalue weighted by Crippen LogP contribution is -2.32. The first-order valence-electron chi connectivity index (χ1n) is 8.58. The van der Waals surface area contributed by atoms with E-state index < -0.39 is 29.5 Å². The fourth-order valence-corrected chi connectivity index (χ4v) is 3.92. The molecule has 3 rings (SSSR count). The summed E-state index contributed by atoms with van der Waals surface area (Å²) in [5.74, 6) is -2.30. The van der Waals surface area contributed by atoms with Crippen LogP contribution in [0.5, 0.6) is 0 Å². The summed E-state index contributed by atoms with van der Waals surface area (Å²) >= 11 is 1.47. The second kappa shape index (κ2) is 7.87. The van der Waals surface area contributed by atoms with Gasteiger partial charge in [-0.15, -0.1) is 11.8 Å². The smallest absolute Gasteiger partial charge is 0.344 e. The van der Waals surface area contributed by atoms with Crippen molar-refractivity contribution < 1.29 is 22.8 Å². The Bertz CT molecular complexity index is 884. The van der Waals surface area contributed by atoms with Crippen LogP contribution < -0.4 is 5.32 Å². The van der Waals surface area contributed by atoms with Gasteiger partial charge in [-0.1, -0.05) is 24.3 Å². The molecular formula is C20H19F3N2O2S. The Morgan fingerprint density at radius 2 is 1.79 bits per heavy atom. The summed E-state index contributed by atoms with van der Waals surface area (Å²) in [4.78, 5) is 27.8. The van der Waals surface area contributed by atoms with Gasteiger partial charge in [0.2, 0.25) is 11.8 Å². The van der Waals surface area contributed by atoms with Gasteiger partial charge in [0.15, 0.2) is 0 Å². The molecule has 2 aromatic rings. The maximum atomic E-state index is 12.9. The molecule has 2 atom stereocenters. The van der Waals surface area contributed by atoms with Crippen molar-refractivity contribution >= 4 is 29.3 Å². The molecule has 1 heterocycles. The summed E-state index contributed by atoms with van der Waals surface area (Å²) in [6.45, 7) is 0.270. The molecule has 0 radical (unpaired) electrons. The fraction of sp³-hybridized carbons (Fsp3) is 0.300. The zero-order chi connectivity index (χ0) is 20.5. The Morgan fingerprint density at radius 3 is 2.39 bits per heavy atom. The summed E-state index contributed by atoms with van der Waals surface area (Å²) in [6, 6.07) is 11.9. The molecule has 1 saturated heterocycles. The molecule has 1 aliphatic heterocycles. The number of thioether (sulfide) groups is 1. The zero-order valence-corrected chi connectivity index (χ0v) is 16.1. The highest BCUT2D eigenvalue weighted by molar-refractivity contribution is 7.98. The number of hydrogen-bond donors (Lipinski definition) is 1. The number of alkyl halides is 3. The lowest BCUT2D eigenvalue weighted by Gasteiger charge is -2.18. The van der Waals surface area contributed by atoms with Crippen LogP contribution in [0.2, 0.25) is 0 Å². The van der Waals surface area contributed by atoms with E-state index in [0.717, 1.165) is 17.0 Å². The van der Waals surface area contributed by atoms with Crippen LogP contribution in [0.3, 0.4) is 0 Å². The van der Waals surface area contributed by atoms with Crippen LogP contribution in [0.25, 0.3) is 0 Å². The maximum Gasteiger partial charge on any atom is 0.416 e. The van der Waals surface area contributed by atoms with Gasteiger partial charge in [0, 0.05) is 24.4 Å². The van der Waals surface area contributed by atoms with E-state index in [2.05, 4.69) is 5.32 Å². The number of likely N-dealkylation sites (tertiary alicyclic amines) is 1. The molecule has 148 valence electrons. The van der Waals surface area contributed by atoms with E-state index in [0.29, 0.717) is 11.3 Å². The maximum absolute atomic E-state index is 12.9. The van der Waals surface area contributed by atoms with Gasteiger partial charge in [-0.25, -0.2) is 0 Å². The van der Waals surface area contributed by atoms with Crippen LogP contribution in [-0.2, 0) is 15.8 Å². The summed E-state index contributed by atoms with van der Waals surface area (Å²) in [5.41, 5.74) is 0.376. The quantitative estimate of drug-likeness (QED) is 0.608. The van der Waals surface area contributed by atoms with E-state index in [1.165, 1.54) is 28.8 Å². The number of carbonyl (C=O) groups excluding carboxylic acids is 2. The van der Waals surface area contributed by atoms with Crippen LogP contribution in [0.1, 0.15) is 17.0 Å². The highest BCUT2D eigenvalue weighted by atomic mass is 32.2. The third-order valence-corrected chi connectivity index (χ3v) is 5.62. The molecular weight excluding hydrogens is 389 g/mol. The van der Waals surface area contributed by atoms with Crippen LogP contribution in [0.15, 0.2) is 53.4 Å². The van der Waals surface area contributed by atoms with Crippen molar-refractivity contribution in [2.75, 3.05) is 25.2 Å². The Kier molecular flexibility index (Phi) is 5.69. The van der Waals surface area contributed by atoms with Crippen molar-refractivity contribution in [1.82, 2.24) is 4.90 Å². The lowest BCUT2D eigenvalue weighted by molar-refractivity contribution is -0.138. The first kappa shape index (κ1) is 20.3. The molecule has 0 aromatic heterocycles. The Balaban J connectivity index is 1.87. The molecule has 0 aliphatic carbocycles. The molecule has 1 N–H and O–H groups in total. The molecule has 2 aromatic carbocycles. The van der Waals surface area contributed by atoms with Gasteiger partial charge < -0.3 is 10.2 Å². The molecule has 8 heteroatoms. The van der Waals surface area contributed by atoms with Gasteiger partial charge in [0.1, 0.15) is 5.92 Å². The topological polar surface area (TPSA) is 49.4 Å². The van der Waals surface area contributed by atoms with Crippen molar-refractivity contribution in [3.63, 3.8) is 0 Å². The number of anilines is 1. The van der Waals surface area contributed by atoms with Gasteiger partial charge in [-0.2, -0.15) is 13.2 Å². The number of amides is 2. The monoisotopic (exact) mass is 408 g/mol. The van der Waals surface area contributed by atoms with E-state index in [1.807, 2.05) is 18.4 Å².